The van der Waals surface area contributed by atoms with Crippen LogP contribution in [0.5, 0.6) is 0 Å². The molecule has 3 aromatic rings. The molecule has 3 rings (SSSR count). The van der Waals surface area contributed by atoms with Crippen LogP contribution in [0.4, 0.5) is 5.69 Å². The minimum atomic E-state index is -0.265. The Balaban J connectivity index is 1.66. The third-order valence-electron chi connectivity index (χ3n) is 3.91. The van der Waals surface area contributed by atoms with Crippen LogP contribution in [0.3, 0.4) is 0 Å². The van der Waals surface area contributed by atoms with Crippen molar-refractivity contribution in [2.24, 2.45) is 0 Å². The lowest BCUT2D eigenvalue weighted by Gasteiger charge is -2.10. The zero-order valence-electron chi connectivity index (χ0n) is 13.7. The van der Waals surface area contributed by atoms with E-state index in [1.54, 1.807) is 6.07 Å². The van der Waals surface area contributed by atoms with Crippen molar-refractivity contribution in [1.82, 2.24) is 5.32 Å². The number of benzene rings is 3. The van der Waals surface area contributed by atoms with Gasteiger partial charge < -0.3 is 10.6 Å². The quantitative estimate of drug-likeness (QED) is 0.691. The zero-order chi connectivity index (χ0) is 17.8. The normalized spacial score (nSPS) is 10.5. The minimum Gasteiger partial charge on any atom is -0.343 e. The Bertz CT molecular complexity index is 948. The molecule has 0 fully saturated rings. The monoisotopic (exact) mass is 396 g/mol. The smallest absolute Gasteiger partial charge is 0.252 e. The number of carbonyl (C=O) groups is 2. The molecule has 0 radical (unpaired) electrons. The number of hydrogen-bond acceptors (Lipinski definition) is 2. The summed E-state index contributed by atoms with van der Waals surface area (Å²) < 4.78 is 0.951. The van der Waals surface area contributed by atoms with Gasteiger partial charge in [-0.2, -0.15) is 0 Å². The second kappa shape index (κ2) is 7.49. The number of amides is 2. The summed E-state index contributed by atoms with van der Waals surface area (Å²) in [6.45, 7) is 1.83. The molecule has 25 heavy (non-hydrogen) atoms. The van der Waals surface area contributed by atoms with Gasteiger partial charge in [0.2, 0.25) is 5.91 Å². The topological polar surface area (TPSA) is 58.2 Å². The summed E-state index contributed by atoms with van der Waals surface area (Å²) in [4.78, 5) is 24.5. The van der Waals surface area contributed by atoms with Crippen LogP contribution in [0.2, 0.25) is 0 Å². The van der Waals surface area contributed by atoms with Crippen LogP contribution < -0.4 is 10.6 Å². The van der Waals surface area contributed by atoms with Crippen LogP contribution in [0, 0.1) is 6.92 Å². The van der Waals surface area contributed by atoms with Gasteiger partial charge >= 0.3 is 0 Å². The number of hydrogen-bond donors (Lipinski definition) is 2. The summed E-state index contributed by atoms with van der Waals surface area (Å²) in [6, 6.07) is 18.8. The summed E-state index contributed by atoms with van der Waals surface area (Å²) in [5.41, 5.74) is 2.24. The SMILES string of the molecule is Cc1cc(Br)ccc1NC(=O)CNC(=O)c1cccc2ccccc12. The minimum absolute atomic E-state index is 0.0858. The van der Waals surface area contributed by atoms with E-state index in [0.29, 0.717) is 5.56 Å². The lowest BCUT2D eigenvalue weighted by molar-refractivity contribution is -0.115. The fourth-order valence-electron chi connectivity index (χ4n) is 2.64. The molecule has 0 aliphatic heterocycles. The van der Waals surface area contributed by atoms with Crippen molar-refractivity contribution in [1.29, 1.82) is 0 Å². The molecule has 5 heteroatoms. The van der Waals surface area contributed by atoms with Gasteiger partial charge in [0.15, 0.2) is 0 Å². The Labute approximate surface area is 154 Å². The highest BCUT2D eigenvalue weighted by Crippen LogP contribution is 2.20. The molecule has 126 valence electrons. The Morgan fingerprint density at radius 1 is 1.00 bits per heavy atom. The highest BCUT2D eigenvalue weighted by Gasteiger charge is 2.11. The summed E-state index contributed by atoms with van der Waals surface area (Å²) in [6.07, 6.45) is 0. The highest BCUT2D eigenvalue weighted by molar-refractivity contribution is 9.10. The first-order chi connectivity index (χ1) is 12.0. The molecule has 0 aromatic heterocycles. The Kier molecular flexibility index (Phi) is 5.14. The van der Waals surface area contributed by atoms with Gasteiger partial charge in [0.05, 0.1) is 6.54 Å². The summed E-state index contributed by atoms with van der Waals surface area (Å²) in [5, 5.41) is 7.35. The number of anilines is 1. The van der Waals surface area contributed by atoms with Gasteiger partial charge in [-0.1, -0.05) is 52.3 Å². The number of nitrogens with one attached hydrogen (secondary N) is 2. The van der Waals surface area contributed by atoms with E-state index in [1.165, 1.54) is 0 Å². The van der Waals surface area contributed by atoms with E-state index >= 15 is 0 Å². The van der Waals surface area contributed by atoms with Crippen LogP contribution >= 0.6 is 15.9 Å². The average Bonchev–Trinajstić information content (AvgIpc) is 2.61. The molecule has 0 aliphatic rings. The lowest BCUT2D eigenvalue weighted by Crippen LogP contribution is -2.33. The number of halogens is 1. The van der Waals surface area contributed by atoms with Crippen LogP contribution in [-0.2, 0) is 4.79 Å². The molecule has 0 spiro atoms. The van der Waals surface area contributed by atoms with Crippen LogP contribution in [0.25, 0.3) is 10.8 Å². The first-order valence-electron chi connectivity index (χ1n) is 7.86. The number of fused-ring (bicyclic) bond motifs is 1. The van der Waals surface area contributed by atoms with E-state index in [-0.39, 0.29) is 18.4 Å². The molecular weight excluding hydrogens is 380 g/mol. The molecule has 2 amide bonds. The van der Waals surface area contributed by atoms with Crippen LogP contribution in [-0.4, -0.2) is 18.4 Å². The number of aryl methyl sites for hydroxylation is 1. The average molecular weight is 397 g/mol. The Hall–Kier alpha value is -2.66. The Morgan fingerprint density at radius 2 is 1.76 bits per heavy atom. The van der Waals surface area contributed by atoms with Gasteiger partial charge in [0, 0.05) is 15.7 Å². The molecule has 2 N–H and O–H groups in total. The van der Waals surface area contributed by atoms with E-state index < -0.39 is 0 Å². The second-order valence-corrected chi connectivity index (χ2v) is 6.63. The molecule has 0 saturated heterocycles. The van der Waals surface area contributed by atoms with Crippen LogP contribution in [0.15, 0.2) is 65.1 Å². The molecule has 4 nitrogen and oxygen atoms in total. The van der Waals surface area contributed by atoms with Crippen molar-refractivity contribution in [2.75, 3.05) is 11.9 Å². The van der Waals surface area contributed by atoms with Gasteiger partial charge in [-0.25, -0.2) is 0 Å². The fourth-order valence-corrected chi connectivity index (χ4v) is 3.12. The first-order valence-corrected chi connectivity index (χ1v) is 8.66. The lowest BCUT2D eigenvalue weighted by atomic mass is 10.0. The molecule has 0 saturated carbocycles. The van der Waals surface area contributed by atoms with E-state index in [1.807, 2.05) is 61.5 Å². The molecule has 0 bridgehead atoms. The summed E-state index contributed by atoms with van der Waals surface area (Å²) in [7, 11) is 0. The summed E-state index contributed by atoms with van der Waals surface area (Å²) in [5.74, 6) is -0.529. The second-order valence-electron chi connectivity index (χ2n) is 5.72. The zero-order valence-corrected chi connectivity index (χ0v) is 15.3. The van der Waals surface area contributed by atoms with Gasteiger partial charge in [0.25, 0.3) is 5.91 Å². The first kappa shape index (κ1) is 17.2. The van der Waals surface area contributed by atoms with Crippen molar-refractivity contribution in [3.05, 3.63) is 76.3 Å². The third kappa shape index (κ3) is 4.06. The molecule has 0 aliphatic carbocycles. The number of rotatable bonds is 4. The maximum absolute atomic E-state index is 12.4. The molecular formula is C20H17BrN2O2. The molecule has 0 atom stereocenters. The van der Waals surface area contributed by atoms with Crippen molar-refractivity contribution < 1.29 is 9.59 Å². The van der Waals surface area contributed by atoms with Crippen molar-refractivity contribution in [2.45, 2.75) is 6.92 Å². The third-order valence-corrected chi connectivity index (χ3v) is 4.40. The molecule has 0 heterocycles. The maximum atomic E-state index is 12.4. The summed E-state index contributed by atoms with van der Waals surface area (Å²) >= 11 is 3.39. The highest BCUT2D eigenvalue weighted by atomic mass is 79.9. The van der Waals surface area contributed by atoms with Crippen LogP contribution in [0.1, 0.15) is 15.9 Å². The van der Waals surface area contributed by atoms with Gasteiger partial charge in [-0.05, 0) is 47.5 Å². The van der Waals surface area contributed by atoms with E-state index in [4.69, 9.17) is 0 Å². The Morgan fingerprint density at radius 3 is 2.56 bits per heavy atom. The predicted molar refractivity (Wildman–Crippen MR) is 104 cm³/mol. The maximum Gasteiger partial charge on any atom is 0.252 e. The van der Waals surface area contributed by atoms with Gasteiger partial charge in [-0.3, -0.25) is 9.59 Å². The van der Waals surface area contributed by atoms with Crippen molar-refractivity contribution in [3.8, 4) is 0 Å². The largest absolute Gasteiger partial charge is 0.343 e. The van der Waals surface area contributed by atoms with E-state index in [9.17, 15) is 9.59 Å². The van der Waals surface area contributed by atoms with E-state index in [2.05, 4.69) is 26.6 Å². The standard InChI is InChI=1S/C20H17BrN2O2/c1-13-11-15(21)9-10-18(13)23-19(24)12-22-20(25)17-8-4-6-14-5-2-3-7-16(14)17/h2-11H,12H2,1H3,(H,22,25)(H,23,24). The van der Waals surface area contributed by atoms with Gasteiger partial charge in [0.1, 0.15) is 0 Å². The number of carbonyl (C=O) groups excluding carboxylic acids is 2. The van der Waals surface area contributed by atoms with Crippen molar-refractivity contribution >= 4 is 44.2 Å². The van der Waals surface area contributed by atoms with Gasteiger partial charge in [-0.15, -0.1) is 0 Å². The van der Waals surface area contributed by atoms with E-state index in [0.717, 1.165) is 26.5 Å². The van der Waals surface area contributed by atoms with Crippen molar-refractivity contribution in [3.63, 3.8) is 0 Å². The fraction of sp³-hybridized carbons (Fsp3) is 0.100. The molecule has 3 aromatic carbocycles. The molecule has 0 unspecified atom stereocenters. The predicted octanol–water partition coefficient (Wildman–Crippen LogP) is 4.28.